The van der Waals surface area contributed by atoms with E-state index in [1.54, 1.807) is 4.90 Å². The first-order valence-electron chi connectivity index (χ1n) is 10.8. The van der Waals surface area contributed by atoms with Crippen molar-refractivity contribution < 1.29 is 14.3 Å². The lowest BCUT2D eigenvalue weighted by atomic mass is 10.1. The van der Waals surface area contributed by atoms with Crippen LogP contribution in [-0.2, 0) is 33.7 Å². The number of amides is 2. The van der Waals surface area contributed by atoms with E-state index in [1.165, 1.54) is 12.7 Å². The highest BCUT2D eigenvalue weighted by Gasteiger charge is 2.16. The van der Waals surface area contributed by atoms with E-state index in [-0.39, 0.29) is 18.4 Å². The van der Waals surface area contributed by atoms with Crippen LogP contribution in [0.25, 0.3) is 0 Å². The van der Waals surface area contributed by atoms with Crippen molar-refractivity contribution in [2.24, 2.45) is 0 Å². The molecule has 166 valence electrons. The lowest BCUT2D eigenvalue weighted by Crippen LogP contribution is -2.33. The van der Waals surface area contributed by atoms with E-state index in [2.05, 4.69) is 23.5 Å². The summed E-state index contributed by atoms with van der Waals surface area (Å²) in [4.78, 5) is 26.7. The molecule has 0 bridgehead atoms. The number of benzene rings is 3. The maximum absolute atomic E-state index is 12.7. The topological polar surface area (TPSA) is 58.6 Å². The molecule has 0 saturated carbocycles. The average Bonchev–Trinajstić information content (AvgIpc) is 2.79. The number of carbonyl (C=O) groups is 2. The highest BCUT2D eigenvalue weighted by molar-refractivity contribution is 5.94. The van der Waals surface area contributed by atoms with Crippen LogP contribution in [0.1, 0.15) is 22.3 Å². The van der Waals surface area contributed by atoms with Gasteiger partial charge in [0, 0.05) is 19.3 Å². The predicted molar refractivity (Wildman–Crippen MR) is 128 cm³/mol. The summed E-state index contributed by atoms with van der Waals surface area (Å²) in [6.45, 7) is 3.11. The van der Waals surface area contributed by atoms with Crippen LogP contribution in [0.15, 0.2) is 78.9 Å². The van der Waals surface area contributed by atoms with E-state index in [9.17, 15) is 9.59 Å². The molecule has 5 nitrogen and oxygen atoms in total. The van der Waals surface area contributed by atoms with E-state index in [0.29, 0.717) is 19.5 Å². The van der Waals surface area contributed by atoms with Gasteiger partial charge in [-0.15, -0.1) is 0 Å². The van der Waals surface area contributed by atoms with Crippen molar-refractivity contribution in [2.45, 2.75) is 26.3 Å². The van der Waals surface area contributed by atoms with E-state index in [1.807, 2.05) is 67.6 Å². The molecule has 0 unspecified atom stereocenters. The number of rotatable bonds is 10. The van der Waals surface area contributed by atoms with Crippen molar-refractivity contribution >= 4 is 17.5 Å². The number of hydrogen-bond donors (Lipinski definition) is 1. The molecule has 0 aliphatic carbocycles. The molecule has 0 radical (unpaired) electrons. The first kappa shape index (κ1) is 23.2. The Hall–Kier alpha value is -3.44. The van der Waals surface area contributed by atoms with Crippen LogP contribution in [0.3, 0.4) is 0 Å². The molecule has 0 aliphatic rings. The smallest absolute Gasteiger partial charge is 0.253 e. The van der Waals surface area contributed by atoms with Gasteiger partial charge in [-0.3, -0.25) is 9.59 Å². The van der Waals surface area contributed by atoms with Crippen molar-refractivity contribution in [3.05, 3.63) is 101 Å². The minimum absolute atomic E-state index is 0.0113. The molecular formula is C27H30N2O3. The molecule has 0 aliphatic heterocycles. The first-order chi connectivity index (χ1) is 15.5. The molecule has 5 heteroatoms. The second-order valence-electron chi connectivity index (χ2n) is 7.83. The second kappa shape index (κ2) is 11.8. The van der Waals surface area contributed by atoms with Crippen molar-refractivity contribution in [3.63, 3.8) is 0 Å². The van der Waals surface area contributed by atoms with Gasteiger partial charge in [0.25, 0.3) is 5.91 Å². The van der Waals surface area contributed by atoms with Crippen LogP contribution in [-0.4, -0.2) is 32.1 Å². The zero-order chi connectivity index (χ0) is 22.8. The number of anilines is 1. The van der Waals surface area contributed by atoms with Crippen LogP contribution >= 0.6 is 0 Å². The van der Waals surface area contributed by atoms with Gasteiger partial charge in [-0.2, -0.15) is 0 Å². The van der Waals surface area contributed by atoms with E-state index >= 15 is 0 Å². The molecule has 0 spiro atoms. The van der Waals surface area contributed by atoms with Gasteiger partial charge in [-0.05, 0) is 42.2 Å². The Morgan fingerprint density at radius 1 is 0.875 bits per heavy atom. The Morgan fingerprint density at radius 2 is 1.59 bits per heavy atom. The Morgan fingerprint density at radius 3 is 2.28 bits per heavy atom. The second-order valence-corrected chi connectivity index (χ2v) is 7.83. The van der Waals surface area contributed by atoms with Gasteiger partial charge in [0.2, 0.25) is 5.91 Å². The van der Waals surface area contributed by atoms with Gasteiger partial charge in [0.05, 0.1) is 13.0 Å². The normalized spacial score (nSPS) is 10.6. The Bertz CT molecular complexity index is 1020. The minimum Gasteiger partial charge on any atom is -0.375 e. The molecular weight excluding hydrogens is 400 g/mol. The minimum atomic E-state index is -0.111. The zero-order valence-electron chi connectivity index (χ0n) is 18.7. The van der Waals surface area contributed by atoms with Crippen LogP contribution in [0, 0.1) is 6.92 Å². The summed E-state index contributed by atoms with van der Waals surface area (Å²) in [5.74, 6) is -0.124. The first-order valence-corrected chi connectivity index (χ1v) is 10.8. The highest BCUT2D eigenvalue weighted by Crippen LogP contribution is 2.20. The van der Waals surface area contributed by atoms with Gasteiger partial charge in [-0.25, -0.2) is 0 Å². The highest BCUT2D eigenvalue weighted by atomic mass is 16.5. The number of methoxy groups -OCH3 is 1. The van der Waals surface area contributed by atoms with Crippen LogP contribution in [0.5, 0.6) is 0 Å². The van der Waals surface area contributed by atoms with E-state index in [0.717, 1.165) is 28.8 Å². The molecule has 0 heterocycles. The number of nitrogens with one attached hydrogen (secondary N) is 1. The van der Waals surface area contributed by atoms with Crippen LogP contribution in [0.4, 0.5) is 5.69 Å². The third-order valence-corrected chi connectivity index (χ3v) is 5.18. The predicted octanol–water partition coefficient (Wildman–Crippen LogP) is 4.08. The molecule has 0 saturated heterocycles. The Kier molecular flexibility index (Phi) is 8.58. The molecule has 0 aromatic heterocycles. The van der Waals surface area contributed by atoms with E-state index in [4.69, 9.17) is 4.74 Å². The summed E-state index contributed by atoms with van der Waals surface area (Å²) in [7, 11) is 1.52. The monoisotopic (exact) mass is 430 g/mol. The molecule has 0 atom stereocenters. The third kappa shape index (κ3) is 7.06. The van der Waals surface area contributed by atoms with Crippen molar-refractivity contribution in [2.75, 3.05) is 25.2 Å². The summed E-state index contributed by atoms with van der Waals surface area (Å²) in [6.07, 6.45) is 1.11. The van der Waals surface area contributed by atoms with Crippen molar-refractivity contribution in [3.8, 4) is 0 Å². The Balaban J connectivity index is 1.60. The fourth-order valence-electron chi connectivity index (χ4n) is 3.55. The fourth-order valence-corrected chi connectivity index (χ4v) is 3.55. The summed E-state index contributed by atoms with van der Waals surface area (Å²) < 4.78 is 5.07. The van der Waals surface area contributed by atoms with Gasteiger partial charge >= 0.3 is 0 Å². The quantitative estimate of drug-likeness (QED) is 0.527. The fraction of sp³-hybridized carbons (Fsp3) is 0.259. The molecule has 3 aromatic rings. The van der Waals surface area contributed by atoms with Gasteiger partial charge < -0.3 is 15.0 Å². The number of nitrogens with zero attached hydrogens (tertiary/aromatic N) is 1. The summed E-state index contributed by atoms with van der Waals surface area (Å²) in [5.41, 5.74) is 5.08. The summed E-state index contributed by atoms with van der Waals surface area (Å²) in [5, 5.41) is 2.97. The van der Waals surface area contributed by atoms with Gasteiger partial charge in [-0.1, -0.05) is 72.3 Å². The summed E-state index contributed by atoms with van der Waals surface area (Å²) in [6, 6.07) is 25.8. The molecule has 3 aromatic carbocycles. The molecule has 2 amide bonds. The average molecular weight is 431 g/mol. The largest absolute Gasteiger partial charge is 0.375 e. The van der Waals surface area contributed by atoms with E-state index < -0.39 is 0 Å². The zero-order valence-corrected chi connectivity index (χ0v) is 18.7. The van der Waals surface area contributed by atoms with Gasteiger partial charge in [0.1, 0.15) is 6.61 Å². The van der Waals surface area contributed by atoms with Gasteiger partial charge in [0.15, 0.2) is 0 Å². The Labute approximate surface area is 190 Å². The SMILES string of the molecule is COCC(=O)N(Cc1cccc(C)c1)c1ccc(CC(=O)NCCc2ccccc2)cc1. The number of aryl methyl sites for hydroxylation is 1. The van der Waals surface area contributed by atoms with Crippen LogP contribution < -0.4 is 10.2 Å². The number of ether oxygens (including phenoxy) is 1. The molecule has 1 N–H and O–H groups in total. The van der Waals surface area contributed by atoms with Crippen LogP contribution in [0.2, 0.25) is 0 Å². The molecule has 3 rings (SSSR count). The third-order valence-electron chi connectivity index (χ3n) is 5.18. The van der Waals surface area contributed by atoms with Crippen molar-refractivity contribution in [1.29, 1.82) is 0 Å². The molecule has 32 heavy (non-hydrogen) atoms. The number of carbonyl (C=O) groups excluding carboxylic acids is 2. The lowest BCUT2D eigenvalue weighted by Gasteiger charge is -2.23. The number of hydrogen-bond acceptors (Lipinski definition) is 3. The standard InChI is InChI=1S/C27H30N2O3/c1-21-7-6-10-24(17-21)19-29(27(31)20-32-2)25-13-11-23(12-14-25)18-26(30)28-16-15-22-8-4-3-5-9-22/h3-14,17H,15-16,18-20H2,1-2H3,(H,28,30). The maximum atomic E-state index is 12.7. The summed E-state index contributed by atoms with van der Waals surface area (Å²) >= 11 is 0. The van der Waals surface area contributed by atoms with Crippen molar-refractivity contribution in [1.82, 2.24) is 5.32 Å². The maximum Gasteiger partial charge on any atom is 0.253 e. The molecule has 0 fully saturated rings. The lowest BCUT2D eigenvalue weighted by molar-refractivity contribution is -0.122.